The summed E-state index contributed by atoms with van der Waals surface area (Å²) >= 11 is 0. The second-order valence-corrected chi connectivity index (χ2v) is 4.12. The van der Waals surface area contributed by atoms with Gasteiger partial charge >= 0.3 is 6.18 Å². The predicted octanol–water partition coefficient (Wildman–Crippen LogP) is 1.34. The van der Waals surface area contributed by atoms with Crippen LogP contribution in [0, 0.1) is 0 Å². The molecule has 0 saturated carbocycles. The number of carbonyl (C=O) groups excluding carboxylic acids is 1. The van der Waals surface area contributed by atoms with Crippen molar-refractivity contribution in [2.45, 2.75) is 12.6 Å². The van der Waals surface area contributed by atoms with Gasteiger partial charge in [0.05, 0.1) is 25.2 Å². The van der Waals surface area contributed by atoms with Crippen LogP contribution in [0.25, 0.3) is 0 Å². The van der Waals surface area contributed by atoms with Crippen LogP contribution in [-0.4, -0.2) is 32.2 Å². The summed E-state index contributed by atoms with van der Waals surface area (Å²) in [5.74, 6) is -0.263. The van der Waals surface area contributed by atoms with Crippen LogP contribution >= 0.6 is 0 Å². The number of ether oxygens (including phenoxy) is 1. The van der Waals surface area contributed by atoms with Crippen molar-refractivity contribution in [3.8, 4) is 0 Å². The first-order chi connectivity index (χ1) is 9.43. The second-order valence-electron chi connectivity index (χ2n) is 4.12. The van der Waals surface area contributed by atoms with Gasteiger partial charge in [0.1, 0.15) is 0 Å². The summed E-state index contributed by atoms with van der Waals surface area (Å²) < 4.78 is 42.1. The van der Waals surface area contributed by atoms with Crippen LogP contribution in [0.4, 0.5) is 13.2 Å². The lowest BCUT2D eigenvalue weighted by molar-refractivity contribution is -0.137. The van der Waals surface area contributed by atoms with Crippen molar-refractivity contribution < 1.29 is 22.7 Å². The van der Waals surface area contributed by atoms with Crippen LogP contribution in [0.1, 0.15) is 11.1 Å². The summed E-state index contributed by atoms with van der Waals surface area (Å²) in [5, 5.41) is 2.61. The maximum Gasteiger partial charge on any atom is 0.416 e. The number of hydrogen-bond acceptors (Lipinski definition) is 3. The Morgan fingerprint density at radius 2 is 1.85 bits per heavy atom. The first-order valence-corrected chi connectivity index (χ1v) is 6.14. The molecule has 7 heteroatoms. The fourth-order valence-electron chi connectivity index (χ4n) is 1.51. The smallest absolute Gasteiger partial charge is 0.378 e. The highest BCUT2D eigenvalue weighted by Gasteiger charge is 2.29. The topological polar surface area (TPSA) is 64.3 Å². The Balaban J connectivity index is 2.35. The molecule has 1 aromatic carbocycles. The fraction of sp³-hybridized carbons (Fsp3) is 0.462. The summed E-state index contributed by atoms with van der Waals surface area (Å²) in [6, 6.07) is 4.53. The third-order valence-electron chi connectivity index (χ3n) is 2.48. The fourth-order valence-corrected chi connectivity index (χ4v) is 1.51. The van der Waals surface area contributed by atoms with E-state index in [-0.39, 0.29) is 12.3 Å². The molecule has 4 nitrogen and oxygen atoms in total. The number of benzene rings is 1. The molecule has 0 atom stereocenters. The molecule has 1 aromatic rings. The molecule has 0 bridgehead atoms. The zero-order valence-electron chi connectivity index (χ0n) is 10.9. The highest BCUT2D eigenvalue weighted by Crippen LogP contribution is 2.29. The van der Waals surface area contributed by atoms with E-state index in [0.29, 0.717) is 31.9 Å². The summed E-state index contributed by atoms with van der Waals surface area (Å²) in [6.45, 7) is 1.55. The molecule has 0 aromatic heterocycles. The van der Waals surface area contributed by atoms with Gasteiger partial charge in [-0.15, -0.1) is 0 Å². The van der Waals surface area contributed by atoms with E-state index in [1.54, 1.807) is 0 Å². The van der Waals surface area contributed by atoms with Crippen molar-refractivity contribution in [3.63, 3.8) is 0 Å². The maximum atomic E-state index is 12.3. The normalized spacial score (nSPS) is 11.4. The molecule has 0 radical (unpaired) electrons. The van der Waals surface area contributed by atoms with Crippen molar-refractivity contribution in [3.05, 3.63) is 35.4 Å². The minimum atomic E-state index is -4.36. The summed E-state index contributed by atoms with van der Waals surface area (Å²) in [7, 11) is 0. The van der Waals surface area contributed by atoms with Gasteiger partial charge in [-0.2, -0.15) is 13.2 Å². The minimum Gasteiger partial charge on any atom is -0.378 e. The second kappa shape index (κ2) is 7.86. The molecule has 0 unspecified atom stereocenters. The standard InChI is InChI=1S/C13H17F3N2O2/c14-13(15,16)11-3-1-10(2-4-11)9-12(19)18-6-8-20-7-5-17/h1-4H,5-9,17H2,(H,18,19). The summed E-state index contributed by atoms with van der Waals surface area (Å²) in [4.78, 5) is 11.5. The molecular formula is C13H17F3N2O2. The Kier molecular flexibility index (Phi) is 6.47. The largest absolute Gasteiger partial charge is 0.416 e. The van der Waals surface area contributed by atoms with Gasteiger partial charge in [-0.1, -0.05) is 12.1 Å². The van der Waals surface area contributed by atoms with E-state index in [2.05, 4.69) is 5.32 Å². The lowest BCUT2D eigenvalue weighted by atomic mass is 10.1. The molecule has 0 spiro atoms. The van der Waals surface area contributed by atoms with E-state index in [1.165, 1.54) is 12.1 Å². The summed E-state index contributed by atoms with van der Waals surface area (Å²) in [5.41, 5.74) is 5.02. The Morgan fingerprint density at radius 3 is 2.40 bits per heavy atom. The van der Waals surface area contributed by atoms with E-state index in [0.717, 1.165) is 12.1 Å². The molecule has 0 aliphatic heterocycles. The van der Waals surface area contributed by atoms with Crippen molar-refractivity contribution in [1.82, 2.24) is 5.32 Å². The quantitative estimate of drug-likeness (QED) is 0.745. The van der Waals surface area contributed by atoms with Gasteiger partial charge in [-0.3, -0.25) is 4.79 Å². The first-order valence-electron chi connectivity index (χ1n) is 6.14. The van der Waals surface area contributed by atoms with Gasteiger partial charge in [0.15, 0.2) is 0 Å². The third-order valence-corrected chi connectivity index (χ3v) is 2.48. The molecular weight excluding hydrogens is 273 g/mol. The van der Waals surface area contributed by atoms with E-state index in [9.17, 15) is 18.0 Å². The zero-order valence-corrected chi connectivity index (χ0v) is 10.9. The number of hydrogen-bond donors (Lipinski definition) is 2. The van der Waals surface area contributed by atoms with Crippen molar-refractivity contribution in [1.29, 1.82) is 0 Å². The van der Waals surface area contributed by atoms with Crippen molar-refractivity contribution in [2.75, 3.05) is 26.3 Å². The molecule has 0 saturated heterocycles. The molecule has 0 aliphatic rings. The minimum absolute atomic E-state index is 0.0367. The predicted molar refractivity (Wildman–Crippen MR) is 68.0 cm³/mol. The lowest BCUT2D eigenvalue weighted by Crippen LogP contribution is -2.29. The van der Waals surface area contributed by atoms with Crippen LogP contribution < -0.4 is 11.1 Å². The van der Waals surface area contributed by atoms with Gasteiger partial charge in [-0.25, -0.2) is 0 Å². The summed E-state index contributed by atoms with van der Waals surface area (Å²) in [6.07, 6.45) is -4.32. The molecule has 0 fully saturated rings. The van der Waals surface area contributed by atoms with Gasteiger partial charge in [0, 0.05) is 13.1 Å². The number of alkyl halides is 3. The number of rotatable bonds is 7. The van der Waals surface area contributed by atoms with Crippen LogP contribution in [0.2, 0.25) is 0 Å². The average molecular weight is 290 g/mol. The lowest BCUT2D eigenvalue weighted by Gasteiger charge is -2.08. The van der Waals surface area contributed by atoms with Gasteiger partial charge < -0.3 is 15.8 Å². The monoisotopic (exact) mass is 290 g/mol. The Labute approximate surface area is 115 Å². The molecule has 112 valence electrons. The number of carbonyl (C=O) groups is 1. The van der Waals surface area contributed by atoms with Crippen LogP contribution in [-0.2, 0) is 22.1 Å². The van der Waals surface area contributed by atoms with E-state index >= 15 is 0 Å². The van der Waals surface area contributed by atoms with E-state index in [1.807, 2.05) is 0 Å². The van der Waals surface area contributed by atoms with E-state index in [4.69, 9.17) is 10.5 Å². The van der Waals surface area contributed by atoms with Gasteiger partial charge in [0.25, 0.3) is 0 Å². The van der Waals surface area contributed by atoms with Crippen molar-refractivity contribution >= 4 is 5.91 Å². The van der Waals surface area contributed by atoms with Crippen LogP contribution in [0.3, 0.4) is 0 Å². The number of halogens is 3. The maximum absolute atomic E-state index is 12.3. The molecule has 0 aliphatic carbocycles. The zero-order chi connectivity index (χ0) is 15.0. The van der Waals surface area contributed by atoms with Gasteiger partial charge in [-0.05, 0) is 17.7 Å². The molecule has 0 heterocycles. The number of nitrogens with one attached hydrogen (secondary N) is 1. The molecule has 3 N–H and O–H groups in total. The Bertz CT molecular complexity index is 419. The SMILES string of the molecule is NCCOCCNC(=O)Cc1ccc(C(F)(F)F)cc1. The molecule has 20 heavy (non-hydrogen) atoms. The van der Waals surface area contributed by atoms with Crippen LogP contribution in [0.5, 0.6) is 0 Å². The molecule has 1 rings (SSSR count). The Morgan fingerprint density at radius 1 is 1.20 bits per heavy atom. The molecule has 1 amide bonds. The highest BCUT2D eigenvalue weighted by atomic mass is 19.4. The first kappa shape index (κ1) is 16.5. The van der Waals surface area contributed by atoms with E-state index < -0.39 is 11.7 Å². The number of amides is 1. The average Bonchev–Trinajstić information content (AvgIpc) is 2.38. The number of nitrogens with two attached hydrogens (primary N) is 1. The van der Waals surface area contributed by atoms with Crippen molar-refractivity contribution in [2.24, 2.45) is 5.73 Å². The Hall–Kier alpha value is -1.60. The van der Waals surface area contributed by atoms with Gasteiger partial charge in [0.2, 0.25) is 5.91 Å². The highest BCUT2D eigenvalue weighted by molar-refractivity contribution is 5.78. The van der Waals surface area contributed by atoms with Crippen LogP contribution in [0.15, 0.2) is 24.3 Å². The third kappa shape index (κ3) is 6.03.